The van der Waals surface area contributed by atoms with Gasteiger partial charge in [0.05, 0.1) is 12.4 Å². The minimum absolute atomic E-state index is 0. The Bertz CT molecular complexity index is 253. The Kier molecular flexibility index (Phi) is 16.9. The minimum Gasteiger partial charge on any atom is -0.270 e. The molecule has 18 heavy (non-hydrogen) atoms. The second-order valence-electron chi connectivity index (χ2n) is 4.56. The first-order valence-corrected chi connectivity index (χ1v) is 8.57. The van der Waals surface area contributed by atoms with Gasteiger partial charge < -0.3 is 0 Å². The third-order valence-corrected chi connectivity index (χ3v) is 4.15. The molecule has 0 bridgehead atoms. The molecule has 0 rings (SSSR count). The SMILES string of the molecule is CCCCCCCCCCOS(=O)(=O)CCC.[Na]. The molecule has 0 saturated carbocycles. The summed E-state index contributed by atoms with van der Waals surface area (Å²) in [6.07, 6.45) is 10.3. The quantitative estimate of drug-likeness (QED) is 0.313. The summed E-state index contributed by atoms with van der Waals surface area (Å²) in [5.41, 5.74) is 0. The summed E-state index contributed by atoms with van der Waals surface area (Å²) < 4.78 is 27.3. The molecule has 105 valence electrons. The molecule has 0 spiro atoms. The van der Waals surface area contributed by atoms with Gasteiger partial charge in [0.15, 0.2) is 0 Å². The first kappa shape index (κ1) is 21.2. The summed E-state index contributed by atoms with van der Waals surface area (Å²) >= 11 is 0. The predicted molar refractivity (Wildman–Crippen MR) is 78.4 cm³/mol. The van der Waals surface area contributed by atoms with Gasteiger partial charge >= 0.3 is 0 Å². The first-order chi connectivity index (χ1) is 8.12. The van der Waals surface area contributed by atoms with Crippen molar-refractivity contribution in [1.82, 2.24) is 0 Å². The smallest absolute Gasteiger partial charge is 0.267 e. The zero-order chi connectivity index (χ0) is 13.0. The molecule has 0 aromatic rings. The Morgan fingerprint density at radius 1 is 0.778 bits per heavy atom. The van der Waals surface area contributed by atoms with Gasteiger partial charge in [0.1, 0.15) is 0 Å². The molecular weight excluding hydrogens is 259 g/mol. The molecule has 0 aromatic heterocycles. The predicted octanol–water partition coefficient (Wildman–Crippen LogP) is 3.50. The molecule has 0 atom stereocenters. The van der Waals surface area contributed by atoms with Gasteiger partial charge in [0.2, 0.25) is 0 Å². The molecule has 0 amide bonds. The van der Waals surface area contributed by atoms with Crippen LogP contribution in [0.3, 0.4) is 0 Å². The van der Waals surface area contributed by atoms with Gasteiger partial charge in [0.25, 0.3) is 10.1 Å². The van der Waals surface area contributed by atoms with Gasteiger partial charge in [0, 0.05) is 29.6 Å². The second-order valence-corrected chi connectivity index (χ2v) is 6.32. The van der Waals surface area contributed by atoms with Crippen molar-refractivity contribution >= 4 is 39.7 Å². The number of hydrogen-bond donors (Lipinski definition) is 0. The Hall–Kier alpha value is 0.910. The maximum Gasteiger partial charge on any atom is 0.267 e. The van der Waals surface area contributed by atoms with Crippen LogP contribution in [0, 0.1) is 0 Å². The largest absolute Gasteiger partial charge is 0.270 e. The average Bonchev–Trinajstić information content (AvgIpc) is 2.27. The normalized spacial score (nSPS) is 11.2. The van der Waals surface area contributed by atoms with E-state index in [0.717, 1.165) is 12.8 Å². The van der Waals surface area contributed by atoms with E-state index in [-0.39, 0.29) is 35.3 Å². The topological polar surface area (TPSA) is 43.4 Å². The molecule has 0 unspecified atom stereocenters. The molecule has 3 nitrogen and oxygen atoms in total. The number of rotatable bonds is 12. The van der Waals surface area contributed by atoms with Gasteiger partial charge in [-0.1, -0.05) is 58.8 Å². The van der Waals surface area contributed by atoms with E-state index in [2.05, 4.69) is 6.92 Å². The van der Waals surface area contributed by atoms with E-state index in [9.17, 15) is 8.42 Å². The van der Waals surface area contributed by atoms with Crippen LogP contribution in [0.4, 0.5) is 0 Å². The summed E-state index contributed by atoms with van der Waals surface area (Å²) in [5, 5.41) is 0. The Balaban J connectivity index is 0. The van der Waals surface area contributed by atoms with Crippen molar-refractivity contribution in [2.75, 3.05) is 12.4 Å². The molecular formula is C13H28NaO3S. The fraction of sp³-hybridized carbons (Fsp3) is 1.00. The molecule has 0 saturated heterocycles. The fourth-order valence-electron chi connectivity index (χ4n) is 1.73. The first-order valence-electron chi connectivity index (χ1n) is 6.99. The van der Waals surface area contributed by atoms with Crippen molar-refractivity contribution in [3.05, 3.63) is 0 Å². The molecule has 5 heteroatoms. The maximum absolute atomic E-state index is 11.2. The Morgan fingerprint density at radius 2 is 1.28 bits per heavy atom. The van der Waals surface area contributed by atoms with Crippen molar-refractivity contribution in [2.45, 2.75) is 71.6 Å². The minimum atomic E-state index is -3.24. The van der Waals surface area contributed by atoms with Gasteiger partial charge in [-0.3, -0.25) is 4.18 Å². The third-order valence-electron chi connectivity index (χ3n) is 2.71. The fourth-order valence-corrected chi connectivity index (χ4v) is 2.72. The van der Waals surface area contributed by atoms with Crippen molar-refractivity contribution in [1.29, 1.82) is 0 Å². The van der Waals surface area contributed by atoms with Crippen molar-refractivity contribution in [2.24, 2.45) is 0 Å². The van der Waals surface area contributed by atoms with E-state index in [0.29, 0.717) is 13.0 Å². The molecule has 0 aliphatic carbocycles. The summed E-state index contributed by atoms with van der Waals surface area (Å²) in [5.74, 6) is 0.143. The van der Waals surface area contributed by atoms with E-state index >= 15 is 0 Å². The molecule has 0 aliphatic rings. The van der Waals surface area contributed by atoms with E-state index in [1.54, 1.807) is 0 Å². The van der Waals surface area contributed by atoms with Crippen LogP contribution >= 0.6 is 0 Å². The zero-order valence-corrected chi connectivity index (χ0v) is 15.2. The molecule has 0 fully saturated rings. The standard InChI is InChI=1S/C13H28O3S.Na/c1-3-5-6-7-8-9-10-11-12-16-17(14,15)13-4-2;/h3-13H2,1-2H3;. The van der Waals surface area contributed by atoms with Crippen LogP contribution in [0.25, 0.3) is 0 Å². The van der Waals surface area contributed by atoms with E-state index in [1.165, 1.54) is 38.5 Å². The molecule has 0 aliphatic heterocycles. The summed E-state index contributed by atoms with van der Waals surface area (Å²) in [4.78, 5) is 0. The zero-order valence-electron chi connectivity index (χ0n) is 12.4. The van der Waals surface area contributed by atoms with Crippen LogP contribution in [0.1, 0.15) is 71.6 Å². The van der Waals surface area contributed by atoms with Crippen LogP contribution in [-0.2, 0) is 14.3 Å². The summed E-state index contributed by atoms with van der Waals surface area (Å²) in [7, 11) is -3.24. The second kappa shape index (κ2) is 14.3. The third kappa shape index (κ3) is 15.0. The number of unbranched alkanes of at least 4 members (excludes halogenated alkanes) is 7. The average molecular weight is 287 g/mol. The van der Waals surface area contributed by atoms with Crippen LogP contribution in [0.15, 0.2) is 0 Å². The van der Waals surface area contributed by atoms with E-state index < -0.39 is 10.1 Å². The van der Waals surface area contributed by atoms with Crippen LogP contribution in [0.5, 0.6) is 0 Å². The molecule has 0 aromatic carbocycles. The van der Waals surface area contributed by atoms with Crippen LogP contribution < -0.4 is 0 Å². The monoisotopic (exact) mass is 287 g/mol. The van der Waals surface area contributed by atoms with Crippen molar-refractivity contribution in [3.8, 4) is 0 Å². The van der Waals surface area contributed by atoms with Gasteiger partial charge in [-0.25, -0.2) is 0 Å². The molecule has 1 radical (unpaired) electrons. The van der Waals surface area contributed by atoms with Crippen LogP contribution in [-0.4, -0.2) is 50.3 Å². The van der Waals surface area contributed by atoms with Gasteiger partial charge in [-0.2, -0.15) is 8.42 Å². The maximum atomic E-state index is 11.2. The van der Waals surface area contributed by atoms with Gasteiger partial charge in [-0.05, 0) is 12.8 Å². The van der Waals surface area contributed by atoms with Crippen molar-refractivity contribution in [3.63, 3.8) is 0 Å². The Morgan fingerprint density at radius 3 is 1.78 bits per heavy atom. The Labute approximate surface area is 135 Å². The molecule has 0 N–H and O–H groups in total. The van der Waals surface area contributed by atoms with E-state index in [1.807, 2.05) is 6.92 Å². The summed E-state index contributed by atoms with van der Waals surface area (Å²) in [6, 6.07) is 0. The number of hydrogen-bond acceptors (Lipinski definition) is 3. The van der Waals surface area contributed by atoms with Crippen molar-refractivity contribution < 1.29 is 12.6 Å². The summed E-state index contributed by atoms with van der Waals surface area (Å²) in [6.45, 7) is 4.42. The van der Waals surface area contributed by atoms with E-state index in [4.69, 9.17) is 4.18 Å². The van der Waals surface area contributed by atoms with Crippen LogP contribution in [0.2, 0.25) is 0 Å². The molecule has 0 heterocycles. The van der Waals surface area contributed by atoms with Gasteiger partial charge in [-0.15, -0.1) is 0 Å².